The molecule has 6 heteroatoms. The molecule has 0 bridgehead atoms. The topological polar surface area (TPSA) is 78.9 Å². The zero-order valence-corrected chi connectivity index (χ0v) is 37.4. The summed E-state index contributed by atoms with van der Waals surface area (Å²) in [5.41, 5.74) is 0. The number of unbranched alkanes of at least 4 members (excludes halogenated alkanes) is 31. The van der Waals surface area contributed by atoms with E-state index in [1.807, 2.05) is 0 Å². The molecule has 0 aromatic rings. The fraction of sp³-hybridized carbons (Fsp3) is 0.939. The normalized spacial score (nSPS) is 11.9. The molecule has 0 aromatic carbocycles. The molecule has 0 aliphatic rings. The first kappa shape index (κ1) is 53.4. The van der Waals surface area contributed by atoms with Crippen LogP contribution in [0.25, 0.3) is 0 Å². The summed E-state index contributed by atoms with van der Waals surface area (Å²) in [6.45, 7) is 9.00. The summed E-state index contributed by atoms with van der Waals surface area (Å²) in [5, 5.41) is 0. The van der Waals surface area contributed by atoms with Gasteiger partial charge in [-0.3, -0.25) is 14.4 Å². The molecule has 0 saturated heterocycles. The maximum Gasteiger partial charge on any atom is 0.306 e. The number of carbonyl (C=O) groups excluding carboxylic acids is 3. The van der Waals surface area contributed by atoms with Crippen LogP contribution < -0.4 is 0 Å². The highest BCUT2D eigenvalue weighted by Crippen LogP contribution is 2.16. The number of hydrogen-bond acceptors (Lipinski definition) is 6. The molecule has 0 rings (SSSR count). The summed E-state index contributed by atoms with van der Waals surface area (Å²) in [5.74, 6) is -0.0173. The molecule has 0 unspecified atom stereocenters. The lowest BCUT2D eigenvalue weighted by Crippen LogP contribution is -2.30. The van der Waals surface area contributed by atoms with Crippen molar-refractivity contribution in [2.75, 3.05) is 13.2 Å². The lowest BCUT2D eigenvalue weighted by molar-refractivity contribution is -0.167. The SMILES string of the molecule is CCCCCCCCCCCCCCCC(=O)OC[C@H](COC(=O)CCCCCCCCCCCCCCC(C)C)OC(=O)CCCCCCCCCCC. The fourth-order valence-corrected chi connectivity index (χ4v) is 7.33. The molecule has 0 amide bonds. The molecule has 326 valence electrons. The van der Waals surface area contributed by atoms with Gasteiger partial charge in [0.25, 0.3) is 0 Å². The highest BCUT2D eigenvalue weighted by molar-refractivity contribution is 5.71. The van der Waals surface area contributed by atoms with Crippen molar-refractivity contribution in [2.24, 2.45) is 5.92 Å². The molecule has 0 aliphatic carbocycles. The second kappa shape index (κ2) is 43.5. The molecule has 0 saturated carbocycles. The van der Waals surface area contributed by atoms with Gasteiger partial charge in [-0.25, -0.2) is 0 Å². The van der Waals surface area contributed by atoms with Crippen LogP contribution in [0.2, 0.25) is 0 Å². The molecule has 0 aromatic heterocycles. The van der Waals surface area contributed by atoms with Gasteiger partial charge in [0.1, 0.15) is 13.2 Å². The van der Waals surface area contributed by atoms with Gasteiger partial charge in [0, 0.05) is 19.3 Å². The van der Waals surface area contributed by atoms with Crippen LogP contribution in [0.1, 0.15) is 272 Å². The van der Waals surface area contributed by atoms with Crippen LogP contribution in [-0.2, 0) is 28.6 Å². The highest BCUT2D eigenvalue weighted by atomic mass is 16.6. The Labute approximate surface area is 342 Å². The zero-order valence-electron chi connectivity index (χ0n) is 37.4. The summed E-state index contributed by atoms with van der Waals surface area (Å²) in [7, 11) is 0. The molecule has 0 N–H and O–H groups in total. The maximum atomic E-state index is 12.7. The molecular weight excluding hydrogens is 685 g/mol. The van der Waals surface area contributed by atoms with Gasteiger partial charge in [-0.05, 0) is 25.2 Å². The van der Waals surface area contributed by atoms with Crippen molar-refractivity contribution in [3.8, 4) is 0 Å². The van der Waals surface area contributed by atoms with Crippen LogP contribution in [0.15, 0.2) is 0 Å². The van der Waals surface area contributed by atoms with Gasteiger partial charge in [-0.1, -0.05) is 233 Å². The Morgan fingerprint density at radius 1 is 0.345 bits per heavy atom. The van der Waals surface area contributed by atoms with Gasteiger partial charge in [0.2, 0.25) is 0 Å². The average molecular weight is 779 g/mol. The predicted molar refractivity (Wildman–Crippen MR) is 233 cm³/mol. The van der Waals surface area contributed by atoms with E-state index in [-0.39, 0.29) is 31.1 Å². The van der Waals surface area contributed by atoms with Crippen LogP contribution in [0.3, 0.4) is 0 Å². The maximum absolute atomic E-state index is 12.7. The fourth-order valence-electron chi connectivity index (χ4n) is 7.33. The Balaban J connectivity index is 4.26. The van der Waals surface area contributed by atoms with Crippen LogP contribution >= 0.6 is 0 Å². The summed E-state index contributed by atoms with van der Waals surface area (Å²) in [6.07, 6.45) is 43.7. The third kappa shape index (κ3) is 43.4. The van der Waals surface area contributed by atoms with Crippen LogP contribution in [0, 0.1) is 5.92 Å². The van der Waals surface area contributed by atoms with Crippen molar-refractivity contribution >= 4 is 17.9 Å². The van der Waals surface area contributed by atoms with Crippen LogP contribution in [-0.4, -0.2) is 37.2 Å². The van der Waals surface area contributed by atoms with Gasteiger partial charge in [0.15, 0.2) is 6.10 Å². The second-order valence-electron chi connectivity index (χ2n) is 17.2. The number of hydrogen-bond donors (Lipinski definition) is 0. The highest BCUT2D eigenvalue weighted by Gasteiger charge is 2.19. The van der Waals surface area contributed by atoms with E-state index in [9.17, 15) is 14.4 Å². The zero-order chi connectivity index (χ0) is 40.3. The van der Waals surface area contributed by atoms with E-state index in [1.54, 1.807) is 0 Å². The first-order valence-electron chi connectivity index (χ1n) is 24.4. The van der Waals surface area contributed by atoms with E-state index in [1.165, 1.54) is 167 Å². The van der Waals surface area contributed by atoms with Crippen molar-refractivity contribution in [2.45, 2.75) is 278 Å². The monoisotopic (exact) mass is 779 g/mol. The van der Waals surface area contributed by atoms with E-state index in [0.717, 1.165) is 63.7 Å². The van der Waals surface area contributed by atoms with Crippen molar-refractivity contribution in [1.29, 1.82) is 0 Å². The third-order valence-corrected chi connectivity index (χ3v) is 11.0. The second-order valence-corrected chi connectivity index (χ2v) is 17.2. The minimum atomic E-state index is -0.759. The van der Waals surface area contributed by atoms with Crippen LogP contribution in [0.4, 0.5) is 0 Å². The molecule has 6 nitrogen and oxygen atoms in total. The van der Waals surface area contributed by atoms with Crippen molar-refractivity contribution in [3.05, 3.63) is 0 Å². The Hall–Kier alpha value is -1.59. The Bertz CT molecular complexity index is 826. The number of ether oxygens (including phenoxy) is 3. The van der Waals surface area contributed by atoms with E-state index in [0.29, 0.717) is 19.3 Å². The summed E-state index contributed by atoms with van der Waals surface area (Å²) < 4.78 is 16.7. The Morgan fingerprint density at radius 3 is 0.891 bits per heavy atom. The summed E-state index contributed by atoms with van der Waals surface area (Å²) in [4.78, 5) is 37.8. The van der Waals surface area contributed by atoms with Crippen molar-refractivity contribution in [3.63, 3.8) is 0 Å². The first-order chi connectivity index (χ1) is 26.9. The average Bonchev–Trinajstić information content (AvgIpc) is 3.17. The Kier molecular flexibility index (Phi) is 42.3. The van der Waals surface area contributed by atoms with Gasteiger partial charge in [-0.2, -0.15) is 0 Å². The minimum Gasteiger partial charge on any atom is -0.462 e. The predicted octanol–water partition coefficient (Wildman–Crippen LogP) is 15.5. The van der Waals surface area contributed by atoms with Crippen molar-refractivity contribution in [1.82, 2.24) is 0 Å². The number of rotatable bonds is 44. The number of carbonyl (C=O) groups is 3. The lowest BCUT2D eigenvalue weighted by atomic mass is 10.0. The van der Waals surface area contributed by atoms with Gasteiger partial charge >= 0.3 is 17.9 Å². The molecular formula is C49H94O6. The van der Waals surface area contributed by atoms with E-state index < -0.39 is 6.10 Å². The molecule has 0 aliphatic heterocycles. The standard InChI is InChI=1S/C49H94O6/c1-5-7-9-11-13-15-16-17-21-25-28-32-36-40-47(50)53-43-46(55-49(52)42-38-34-30-23-14-12-10-8-6-2)44-54-48(51)41-37-33-29-26-22-19-18-20-24-27-31-35-39-45(3)4/h45-46H,5-44H2,1-4H3/t46-/m1/s1. The van der Waals surface area contributed by atoms with Crippen molar-refractivity contribution < 1.29 is 28.6 Å². The van der Waals surface area contributed by atoms with E-state index in [4.69, 9.17) is 14.2 Å². The van der Waals surface area contributed by atoms with Gasteiger partial charge < -0.3 is 14.2 Å². The molecule has 0 radical (unpaired) electrons. The van der Waals surface area contributed by atoms with Gasteiger partial charge in [0.05, 0.1) is 0 Å². The Morgan fingerprint density at radius 2 is 0.600 bits per heavy atom. The quantitative estimate of drug-likeness (QED) is 0.0348. The molecule has 55 heavy (non-hydrogen) atoms. The molecule has 0 fully saturated rings. The van der Waals surface area contributed by atoms with Crippen LogP contribution in [0.5, 0.6) is 0 Å². The number of esters is 3. The lowest BCUT2D eigenvalue weighted by Gasteiger charge is -2.18. The third-order valence-electron chi connectivity index (χ3n) is 11.0. The first-order valence-corrected chi connectivity index (χ1v) is 24.4. The largest absolute Gasteiger partial charge is 0.462 e. The molecule has 0 spiro atoms. The molecule has 0 heterocycles. The molecule has 1 atom stereocenters. The summed E-state index contributed by atoms with van der Waals surface area (Å²) >= 11 is 0. The van der Waals surface area contributed by atoms with E-state index in [2.05, 4.69) is 27.7 Å². The smallest absolute Gasteiger partial charge is 0.306 e. The van der Waals surface area contributed by atoms with Gasteiger partial charge in [-0.15, -0.1) is 0 Å². The van der Waals surface area contributed by atoms with E-state index >= 15 is 0 Å². The minimum absolute atomic E-state index is 0.0633. The summed E-state index contributed by atoms with van der Waals surface area (Å²) in [6, 6.07) is 0.